The maximum absolute atomic E-state index is 13.3. The van der Waals surface area contributed by atoms with Crippen LogP contribution in [0.4, 0.5) is 5.82 Å². The third-order valence-corrected chi connectivity index (χ3v) is 7.20. The lowest BCUT2D eigenvalue weighted by Gasteiger charge is -2.33. The van der Waals surface area contributed by atoms with E-state index in [1.165, 1.54) is 11.0 Å². The molecule has 2 aromatic heterocycles. The van der Waals surface area contributed by atoms with Crippen molar-refractivity contribution in [3.63, 3.8) is 0 Å². The van der Waals surface area contributed by atoms with Gasteiger partial charge < -0.3 is 25.3 Å². The van der Waals surface area contributed by atoms with Crippen molar-refractivity contribution < 1.29 is 18.3 Å². The molecule has 4 rings (SSSR count). The summed E-state index contributed by atoms with van der Waals surface area (Å²) in [4.78, 5) is 17.9. The number of aliphatic hydroxyl groups is 1. The Balaban J connectivity index is 1.60. The van der Waals surface area contributed by atoms with E-state index in [-0.39, 0.29) is 23.8 Å². The first-order valence-electron chi connectivity index (χ1n) is 10.3. The summed E-state index contributed by atoms with van der Waals surface area (Å²) in [6, 6.07) is 9.23. The lowest BCUT2D eigenvalue weighted by atomic mass is 10.1. The number of carbonyl (C=O) groups is 1. The van der Waals surface area contributed by atoms with E-state index in [1.54, 1.807) is 47.3 Å². The minimum absolute atomic E-state index is 0.114. The van der Waals surface area contributed by atoms with Crippen LogP contribution in [0.5, 0.6) is 0 Å². The number of amides is 1. The third-order valence-electron chi connectivity index (χ3n) is 5.67. The van der Waals surface area contributed by atoms with Gasteiger partial charge in [-0.05, 0) is 49.6 Å². The molecule has 0 spiro atoms. The molecule has 1 saturated heterocycles. The van der Waals surface area contributed by atoms with Crippen LogP contribution in [0.3, 0.4) is 0 Å². The quantitative estimate of drug-likeness (QED) is 0.435. The van der Waals surface area contributed by atoms with Crippen LogP contribution < -0.4 is 10.5 Å². The Kier molecular flexibility index (Phi) is 6.03. The van der Waals surface area contributed by atoms with Crippen molar-refractivity contribution in [3.05, 3.63) is 48.8 Å². The van der Waals surface area contributed by atoms with Crippen molar-refractivity contribution in [2.75, 3.05) is 18.8 Å². The van der Waals surface area contributed by atoms with Crippen LogP contribution in [0.15, 0.2) is 53.7 Å². The van der Waals surface area contributed by atoms with E-state index in [0.717, 1.165) is 0 Å². The third kappa shape index (κ3) is 4.60. The van der Waals surface area contributed by atoms with Crippen LogP contribution in [-0.4, -0.2) is 59.1 Å². The first-order chi connectivity index (χ1) is 14.8. The van der Waals surface area contributed by atoms with Crippen LogP contribution in [-0.2, 0) is 21.4 Å². The van der Waals surface area contributed by atoms with Crippen LogP contribution in [0.25, 0.3) is 10.9 Å². The number of hydrogen-bond acceptors (Lipinski definition) is 5. The molecular formula is C21H27N5O4S. The molecule has 166 valence electrons. The number of carbonyl (C=O) groups excluding carboxylic acids is 1. The molecular weight excluding hydrogens is 418 g/mol. The molecule has 3 heterocycles. The second-order valence-corrected chi connectivity index (χ2v) is 9.55. The van der Waals surface area contributed by atoms with Crippen molar-refractivity contribution in [1.29, 1.82) is 0 Å². The van der Waals surface area contributed by atoms with E-state index in [1.807, 2.05) is 0 Å². The van der Waals surface area contributed by atoms with E-state index < -0.39 is 22.2 Å². The highest BCUT2D eigenvalue weighted by Gasteiger charge is 2.32. The van der Waals surface area contributed by atoms with Gasteiger partial charge in [0.1, 0.15) is 11.9 Å². The molecule has 0 aliphatic carbocycles. The number of hydrogen-bond donors (Lipinski definition) is 4. The molecule has 2 unspecified atom stereocenters. The van der Waals surface area contributed by atoms with Gasteiger partial charge in [0.25, 0.3) is 0 Å². The average Bonchev–Trinajstić information content (AvgIpc) is 3.39. The fraction of sp³-hybridized carbons (Fsp3) is 0.381. The summed E-state index contributed by atoms with van der Waals surface area (Å²) in [5.74, 6) is 0.203. The summed E-state index contributed by atoms with van der Waals surface area (Å²) in [7, 11) is -3.97. The number of aromatic amines is 1. The van der Waals surface area contributed by atoms with Gasteiger partial charge in [-0.3, -0.25) is 4.79 Å². The van der Waals surface area contributed by atoms with Gasteiger partial charge in [0, 0.05) is 42.9 Å². The normalized spacial score (nSPS) is 18.4. The SMILES string of the molecule is Nc1cccn1CCC(NS(=O)(=O)c1cccc2[nH]ccc12)C(=O)N1CCCC(O)C1. The van der Waals surface area contributed by atoms with Gasteiger partial charge in [-0.1, -0.05) is 6.07 Å². The smallest absolute Gasteiger partial charge is 0.241 e. The zero-order chi connectivity index (χ0) is 22.0. The Morgan fingerprint density at radius 3 is 2.87 bits per heavy atom. The maximum Gasteiger partial charge on any atom is 0.241 e. The molecule has 5 N–H and O–H groups in total. The summed E-state index contributed by atoms with van der Waals surface area (Å²) in [5, 5.41) is 10.5. The van der Waals surface area contributed by atoms with Crippen LogP contribution in [0.1, 0.15) is 19.3 Å². The fourth-order valence-electron chi connectivity index (χ4n) is 4.05. The van der Waals surface area contributed by atoms with Crippen molar-refractivity contribution in [2.24, 2.45) is 0 Å². The lowest BCUT2D eigenvalue weighted by molar-refractivity contribution is -0.136. The number of likely N-dealkylation sites (tertiary alicyclic amines) is 1. The van der Waals surface area contributed by atoms with Crippen LogP contribution in [0.2, 0.25) is 0 Å². The molecule has 1 aromatic carbocycles. The van der Waals surface area contributed by atoms with Crippen molar-refractivity contribution in [1.82, 2.24) is 19.2 Å². The minimum Gasteiger partial charge on any atom is -0.391 e. The molecule has 0 radical (unpaired) electrons. The van der Waals surface area contributed by atoms with Crippen molar-refractivity contribution >= 4 is 32.7 Å². The molecule has 10 heteroatoms. The molecule has 0 bridgehead atoms. The number of aromatic nitrogens is 2. The number of fused-ring (bicyclic) bond motifs is 1. The molecule has 1 amide bonds. The number of nitrogens with zero attached hydrogens (tertiary/aromatic N) is 2. The van der Waals surface area contributed by atoms with Crippen LogP contribution in [0, 0.1) is 0 Å². The van der Waals surface area contributed by atoms with Crippen molar-refractivity contribution in [2.45, 2.75) is 42.8 Å². The Labute approximate surface area is 180 Å². The summed E-state index contributed by atoms with van der Waals surface area (Å²) in [6.45, 7) is 1.08. The zero-order valence-corrected chi connectivity index (χ0v) is 17.9. The van der Waals surface area contributed by atoms with Gasteiger partial charge in [0.2, 0.25) is 15.9 Å². The van der Waals surface area contributed by atoms with Gasteiger partial charge in [-0.2, -0.15) is 4.72 Å². The van der Waals surface area contributed by atoms with Gasteiger partial charge in [-0.15, -0.1) is 0 Å². The Bertz CT molecular complexity index is 1170. The zero-order valence-electron chi connectivity index (χ0n) is 17.1. The summed E-state index contributed by atoms with van der Waals surface area (Å²) in [5.41, 5.74) is 6.62. The molecule has 1 fully saturated rings. The number of aryl methyl sites for hydroxylation is 1. The minimum atomic E-state index is -3.97. The van der Waals surface area contributed by atoms with E-state index in [2.05, 4.69) is 9.71 Å². The van der Waals surface area contributed by atoms with E-state index in [0.29, 0.717) is 42.7 Å². The van der Waals surface area contributed by atoms with Gasteiger partial charge >= 0.3 is 0 Å². The lowest BCUT2D eigenvalue weighted by Crippen LogP contribution is -2.52. The molecule has 2 atom stereocenters. The monoisotopic (exact) mass is 445 g/mol. The molecule has 0 saturated carbocycles. The number of piperidine rings is 1. The number of nitrogens with one attached hydrogen (secondary N) is 2. The molecule has 9 nitrogen and oxygen atoms in total. The number of anilines is 1. The highest BCUT2D eigenvalue weighted by molar-refractivity contribution is 7.89. The summed E-state index contributed by atoms with van der Waals surface area (Å²) in [6.07, 6.45) is 4.41. The highest BCUT2D eigenvalue weighted by atomic mass is 32.2. The Morgan fingerprint density at radius 2 is 2.13 bits per heavy atom. The predicted octanol–water partition coefficient (Wildman–Crippen LogP) is 1.27. The molecule has 3 aromatic rings. The molecule has 31 heavy (non-hydrogen) atoms. The average molecular weight is 446 g/mol. The summed E-state index contributed by atoms with van der Waals surface area (Å²) < 4.78 is 30.9. The number of rotatable bonds is 7. The standard InChI is InChI=1S/C21H27N5O4S/c22-20-7-3-11-25(20)13-9-18(21(28)26-12-2-4-15(27)14-26)24-31(29,30)19-6-1-5-17-16(19)8-10-23-17/h1,3,5-8,10-11,15,18,23-24,27H,2,4,9,12-14,22H2. The van der Waals surface area contributed by atoms with Gasteiger partial charge in [-0.25, -0.2) is 8.42 Å². The fourth-order valence-corrected chi connectivity index (χ4v) is 5.49. The molecule has 1 aliphatic rings. The first-order valence-corrected chi connectivity index (χ1v) is 11.8. The van der Waals surface area contributed by atoms with Crippen molar-refractivity contribution in [3.8, 4) is 0 Å². The maximum atomic E-state index is 13.3. The number of sulfonamides is 1. The highest BCUT2D eigenvalue weighted by Crippen LogP contribution is 2.23. The number of benzene rings is 1. The van der Waals surface area contributed by atoms with Crippen LogP contribution >= 0.6 is 0 Å². The first kappa shape index (κ1) is 21.4. The topological polar surface area (TPSA) is 133 Å². The second-order valence-electron chi connectivity index (χ2n) is 7.86. The Morgan fingerprint density at radius 1 is 1.29 bits per heavy atom. The largest absolute Gasteiger partial charge is 0.391 e. The molecule has 1 aliphatic heterocycles. The number of nitrogen functional groups attached to an aromatic ring is 1. The van der Waals surface area contributed by atoms with Gasteiger partial charge in [0.05, 0.1) is 11.0 Å². The van der Waals surface area contributed by atoms with Gasteiger partial charge in [0.15, 0.2) is 0 Å². The number of aliphatic hydroxyl groups excluding tert-OH is 1. The van der Waals surface area contributed by atoms with E-state index in [4.69, 9.17) is 5.73 Å². The summed E-state index contributed by atoms with van der Waals surface area (Å²) >= 11 is 0. The number of H-pyrrole nitrogens is 1. The Hall–Kier alpha value is -2.82. The van der Waals surface area contributed by atoms with E-state index in [9.17, 15) is 18.3 Å². The number of nitrogens with two attached hydrogens (primary N) is 1. The predicted molar refractivity (Wildman–Crippen MR) is 118 cm³/mol. The van der Waals surface area contributed by atoms with E-state index >= 15 is 0 Å². The second kappa shape index (κ2) is 8.74. The number of β-amino-alcohol motifs (C(OH)–C–C–N with tert-alkyl or cyclic N) is 1.